The van der Waals surface area contributed by atoms with Crippen molar-refractivity contribution in [2.45, 2.75) is 71.8 Å². The lowest BCUT2D eigenvalue weighted by molar-refractivity contribution is -0.148. The van der Waals surface area contributed by atoms with Crippen LogP contribution in [0.15, 0.2) is 46.6 Å². The van der Waals surface area contributed by atoms with Crippen LogP contribution in [0.25, 0.3) is 6.08 Å². The Morgan fingerprint density at radius 3 is 2.53 bits per heavy atom. The van der Waals surface area contributed by atoms with E-state index in [0.29, 0.717) is 21.9 Å². The molecule has 0 unspecified atom stereocenters. The number of primary amides is 1. The van der Waals surface area contributed by atoms with E-state index in [2.05, 4.69) is 26.0 Å². The van der Waals surface area contributed by atoms with E-state index in [1.54, 1.807) is 12.1 Å². The van der Waals surface area contributed by atoms with E-state index in [0.717, 1.165) is 61.7 Å². The van der Waals surface area contributed by atoms with Gasteiger partial charge in [-0.1, -0.05) is 54.8 Å². The number of hydrogen-bond acceptors (Lipinski definition) is 4. The summed E-state index contributed by atoms with van der Waals surface area (Å²) in [6, 6.07) is 7.52. The van der Waals surface area contributed by atoms with Gasteiger partial charge in [-0.3, -0.25) is 9.59 Å². The van der Waals surface area contributed by atoms with Crippen molar-refractivity contribution in [3.63, 3.8) is 0 Å². The highest BCUT2D eigenvalue weighted by Gasteiger charge is 2.59. The Labute approximate surface area is 234 Å². The molecule has 0 aromatic heterocycles. The highest BCUT2D eigenvalue weighted by Crippen LogP contribution is 2.67. The number of nitriles is 1. The fraction of sp³-hybridized carbons (Fsp3) is 0.516. The van der Waals surface area contributed by atoms with Gasteiger partial charge in [0.25, 0.3) is 5.91 Å². The second-order valence-electron chi connectivity index (χ2n) is 12.0. The number of nitrogens with two attached hydrogens (primary N) is 1. The highest BCUT2D eigenvalue weighted by atomic mass is 35.5. The molecule has 38 heavy (non-hydrogen) atoms. The number of benzene rings is 1. The summed E-state index contributed by atoms with van der Waals surface area (Å²) in [7, 11) is 0. The van der Waals surface area contributed by atoms with E-state index in [9.17, 15) is 14.9 Å². The van der Waals surface area contributed by atoms with E-state index < -0.39 is 5.91 Å². The van der Waals surface area contributed by atoms with Gasteiger partial charge in [0.1, 0.15) is 17.7 Å². The third-order valence-corrected chi connectivity index (χ3v) is 10.6. The number of carbonyl (C=O) groups excluding carboxylic acids is 2. The average molecular weight is 554 g/mol. The molecule has 5 rings (SSSR count). The largest absolute Gasteiger partial charge is 0.462 e. The molecular weight excluding hydrogens is 519 g/mol. The monoisotopic (exact) mass is 552 g/mol. The Hall–Kier alpha value is -2.55. The number of allylic oxidation sites excluding steroid dienone is 3. The van der Waals surface area contributed by atoms with Crippen molar-refractivity contribution in [2.75, 3.05) is 0 Å². The van der Waals surface area contributed by atoms with Crippen molar-refractivity contribution in [2.24, 2.45) is 34.3 Å². The van der Waals surface area contributed by atoms with Crippen LogP contribution in [0.5, 0.6) is 0 Å². The molecule has 1 aromatic carbocycles. The molecule has 0 heterocycles. The quantitative estimate of drug-likeness (QED) is 0.186. The van der Waals surface area contributed by atoms with E-state index in [-0.39, 0.29) is 34.4 Å². The van der Waals surface area contributed by atoms with Gasteiger partial charge in [-0.15, -0.1) is 0 Å². The zero-order valence-electron chi connectivity index (χ0n) is 22.2. The van der Waals surface area contributed by atoms with Gasteiger partial charge in [0.05, 0.1) is 0 Å². The van der Waals surface area contributed by atoms with Gasteiger partial charge in [0.2, 0.25) is 0 Å². The second kappa shape index (κ2) is 9.88. The normalized spacial score (nSPS) is 36.3. The summed E-state index contributed by atoms with van der Waals surface area (Å²) in [6.07, 6.45) is 10.7. The minimum absolute atomic E-state index is 0.0364. The van der Waals surface area contributed by atoms with Gasteiger partial charge in [0, 0.05) is 23.4 Å². The first-order chi connectivity index (χ1) is 18.0. The third kappa shape index (κ3) is 4.40. The minimum Gasteiger partial charge on any atom is -0.462 e. The summed E-state index contributed by atoms with van der Waals surface area (Å²) in [5.41, 5.74) is 9.56. The topological polar surface area (TPSA) is 93.2 Å². The molecule has 3 fully saturated rings. The SMILES string of the molecule is CC(=O)O[C@H]1CC[C@@]2(C)C(=CC[C@@H]3[C@@H]2CC[C@]2(C)C(=C(/C#N)C(N)=O)/C(=C/c4ccc(Cl)cc4Cl)C[C@@H]32)C1. The number of hydrogen-bond donors (Lipinski definition) is 1. The Bertz CT molecular complexity index is 1340. The zero-order chi connectivity index (χ0) is 27.4. The fourth-order valence-electron chi connectivity index (χ4n) is 8.29. The number of esters is 1. The predicted molar refractivity (Wildman–Crippen MR) is 149 cm³/mol. The van der Waals surface area contributed by atoms with E-state index >= 15 is 0 Å². The third-order valence-electron chi connectivity index (χ3n) is 10.0. The summed E-state index contributed by atoms with van der Waals surface area (Å²) in [6.45, 7) is 6.09. The summed E-state index contributed by atoms with van der Waals surface area (Å²) < 4.78 is 5.58. The smallest absolute Gasteiger partial charge is 0.302 e. The molecule has 7 heteroatoms. The van der Waals surface area contributed by atoms with Crippen molar-refractivity contribution in [3.8, 4) is 6.07 Å². The standard InChI is InChI=1S/C31H34Cl2N2O3/c1-17(36)38-22-8-10-30(2)20(14-22)5-7-23-25(30)9-11-31(3)26(23)13-19(28(31)24(16-34)29(35)37)12-18-4-6-21(32)15-27(18)33/h4-6,12,15,22-23,25-26H,7-11,13-14H2,1-3H3,(H2,35,37)/b19-12+,28-24-/t22-,23+,25-,26-,30-,31-/m0/s1. The molecule has 0 aliphatic heterocycles. The van der Waals surface area contributed by atoms with E-state index in [1.807, 2.05) is 12.1 Å². The first-order valence-electron chi connectivity index (χ1n) is 13.5. The van der Waals surface area contributed by atoms with Crippen LogP contribution in [-0.2, 0) is 14.3 Å². The Kier molecular flexibility index (Phi) is 7.03. The first kappa shape index (κ1) is 27.0. The van der Waals surface area contributed by atoms with Gasteiger partial charge >= 0.3 is 5.97 Å². The maximum absolute atomic E-state index is 12.5. The van der Waals surface area contributed by atoms with Crippen molar-refractivity contribution in [3.05, 3.63) is 62.2 Å². The molecule has 4 aliphatic rings. The molecule has 6 atom stereocenters. The number of rotatable bonds is 3. The van der Waals surface area contributed by atoms with Crippen molar-refractivity contribution >= 4 is 41.2 Å². The number of fused-ring (bicyclic) bond motifs is 5. The van der Waals surface area contributed by atoms with Crippen molar-refractivity contribution < 1.29 is 14.3 Å². The molecule has 5 nitrogen and oxygen atoms in total. The lowest BCUT2D eigenvalue weighted by Crippen LogP contribution is -2.50. The summed E-state index contributed by atoms with van der Waals surface area (Å²) in [4.78, 5) is 24.1. The van der Waals surface area contributed by atoms with Crippen LogP contribution in [0.1, 0.15) is 71.3 Å². The molecule has 1 aromatic rings. The molecule has 4 aliphatic carbocycles. The Balaban J connectivity index is 1.56. The lowest BCUT2D eigenvalue weighted by Gasteiger charge is -2.57. The van der Waals surface area contributed by atoms with Crippen LogP contribution in [0.3, 0.4) is 0 Å². The number of halogens is 2. The molecule has 0 bridgehead atoms. The molecule has 2 N–H and O–H groups in total. The summed E-state index contributed by atoms with van der Waals surface area (Å²) in [5.74, 6) is 0.299. The zero-order valence-corrected chi connectivity index (χ0v) is 23.7. The molecule has 3 saturated carbocycles. The predicted octanol–water partition coefficient (Wildman–Crippen LogP) is 7.19. The second-order valence-corrected chi connectivity index (χ2v) is 12.8. The lowest BCUT2D eigenvalue weighted by atomic mass is 9.47. The Morgan fingerprint density at radius 2 is 1.87 bits per heavy atom. The van der Waals surface area contributed by atoms with Gasteiger partial charge in [-0.2, -0.15) is 5.26 Å². The molecule has 0 spiro atoms. The van der Waals surface area contributed by atoms with Crippen molar-refractivity contribution in [1.29, 1.82) is 5.26 Å². The average Bonchev–Trinajstić information content (AvgIpc) is 3.13. The molecule has 0 radical (unpaired) electrons. The van der Waals surface area contributed by atoms with Crippen LogP contribution in [0.2, 0.25) is 10.0 Å². The maximum Gasteiger partial charge on any atom is 0.302 e. The first-order valence-corrected chi connectivity index (χ1v) is 14.2. The van der Waals surface area contributed by atoms with Gasteiger partial charge in [0.15, 0.2) is 0 Å². The van der Waals surface area contributed by atoms with Gasteiger partial charge < -0.3 is 10.5 Å². The fourth-order valence-corrected chi connectivity index (χ4v) is 8.76. The van der Waals surface area contributed by atoms with E-state index in [4.69, 9.17) is 33.7 Å². The molecular formula is C31H34Cl2N2O3. The number of nitrogens with zero attached hydrogens (tertiary/aromatic N) is 1. The van der Waals surface area contributed by atoms with Crippen LogP contribution in [0, 0.1) is 39.9 Å². The van der Waals surface area contributed by atoms with Gasteiger partial charge in [-0.25, -0.2) is 0 Å². The maximum atomic E-state index is 12.5. The van der Waals surface area contributed by atoms with Crippen LogP contribution in [-0.4, -0.2) is 18.0 Å². The number of amides is 1. The number of carbonyl (C=O) groups is 2. The minimum atomic E-state index is -0.679. The molecule has 1 amide bonds. The van der Waals surface area contributed by atoms with Gasteiger partial charge in [-0.05, 0) is 102 Å². The Morgan fingerprint density at radius 1 is 1.13 bits per heavy atom. The summed E-state index contributed by atoms with van der Waals surface area (Å²) >= 11 is 12.7. The highest BCUT2D eigenvalue weighted by molar-refractivity contribution is 6.35. The van der Waals surface area contributed by atoms with Crippen molar-refractivity contribution in [1.82, 2.24) is 0 Å². The number of ether oxygens (including phenoxy) is 1. The summed E-state index contributed by atoms with van der Waals surface area (Å²) in [5, 5.41) is 11.1. The van der Waals surface area contributed by atoms with E-state index in [1.165, 1.54) is 12.5 Å². The van der Waals surface area contributed by atoms with Crippen LogP contribution < -0.4 is 5.73 Å². The molecule has 200 valence electrons. The molecule has 0 saturated heterocycles. The van der Waals surface area contributed by atoms with Crippen LogP contribution in [0.4, 0.5) is 0 Å². The van der Waals surface area contributed by atoms with Crippen LogP contribution >= 0.6 is 23.2 Å².